The molecule has 0 radical (unpaired) electrons. The Kier molecular flexibility index (Phi) is 9.00. The average Bonchev–Trinajstić information content (AvgIpc) is 3.80. The molecule has 2 aromatic rings. The molecule has 11 heteroatoms. The first kappa shape index (κ1) is 27.9. The first-order valence-corrected chi connectivity index (χ1v) is 13.2. The number of piperazine rings is 1. The van der Waals surface area contributed by atoms with Crippen molar-refractivity contribution in [3.63, 3.8) is 0 Å². The van der Waals surface area contributed by atoms with Gasteiger partial charge in [-0.05, 0) is 38.2 Å². The highest BCUT2D eigenvalue weighted by molar-refractivity contribution is 5.99. The molecule has 3 amide bonds. The quantitative estimate of drug-likeness (QED) is 0.471. The highest BCUT2D eigenvalue weighted by Gasteiger charge is 2.34. The molecular weight excluding hydrogens is 504 g/mol. The fourth-order valence-corrected chi connectivity index (χ4v) is 4.67. The predicted octanol–water partition coefficient (Wildman–Crippen LogP) is 2.90. The van der Waals surface area contributed by atoms with Gasteiger partial charge >= 0.3 is 12.1 Å². The van der Waals surface area contributed by atoms with Gasteiger partial charge in [0, 0.05) is 43.7 Å². The van der Waals surface area contributed by atoms with Crippen molar-refractivity contribution in [1.82, 2.24) is 20.1 Å². The molecule has 4 rings (SSSR count). The number of hydrogen-bond donors (Lipinski definition) is 2. The zero-order valence-electron chi connectivity index (χ0n) is 22.2. The summed E-state index contributed by atoms with van der Waals surface area (Å²) >= 11 is 0. The summed E-state index contributed by atoms with van der Waals surface area (Å²) in [5.41, 5.74) is 2.40. The molecule has 1 aromatic carbocycles. The van der Waals surface area contributed by atoms with Crippen LogP contribution >= 0.6 is 0 Å². The largest absolute Gasteiger partial charge is 0.494 e. The van der Waals surface area contributed by atoms with Crippen LogP contribution in [0.1, 0.15) is 54.6 Å². The van der Waals surface area contributed by atoms with Crippen LogP contribution < -0.4 is 10.1 Å². The van der Waals surface area contributed by atoms with E-state index in [1.807, 2.05) is 36.4 Å². The molecule has 1 saturated carbocycles. The van der Waals surface area contributed by atoms with E-state index >= 15 is 0 Å². The highest BCUT2D eigenvalue weighted by atomic mass is 16.6. The molecule has 1 saturated heterocycles. The van der Waals surface area contributed by atoms with Crippen molar-refractivity contribution in [2.24, 2.45) is 0 Å². The number of hydrogen-bond acceptors (Lipinski definition) is 7. The van der Waals surface area contributed by atoms with Gasteiger partial charge in [-0.25, -0.2) is 9.78 Å². The number of methoxy groups -OCH3 is 1. The Bertz CT molecular complexity index is 1210. The molecule has 208 valence electrons. The number of ether oxygens (including phenoxy) is 2. The van der Waals surface area contributed by atoms with Crippen LogP contribution in [0.15, 0.2) is 36.4 Å². The number of aromatic nitrogens is 1. The third-order valence-electron chi connectivity index (χ3n) is 6.88. The molecule has 2 aliphatic rings. The van der Waals surface area contributed by atoms with E-state index in [0.29, 0.717) is 11.4 Å². The van der Waals surface area contributed by atoms with E-state index < -0.39 is 29.9 Å². The number of carboxylic acid groups (broad SMARTS) is 1. The number of nitrogens with zero attached hydrogens (tertiary/aromatic N) is 3. The Hall–Kier alpha value is -4.15. The van der Waals surface area contributed by atoms with E-state index in [2.05, 4.69) is 10.3 Å². The zero-order chi connectivity index (χ0) is 27.9. The second-order valence-corrected chi connectivity index (χ2v) is 9.59. The van der Waals surface area contributed by atoms with Gasteiger partial charge in [0.05, 0.1) is 19.4 Å². The summed E-state index contributed by atoms with van der Waals surface area (Å²) in [6, 6.07) is 10.3. The van der Waals surface area contributed by atoms with Crippen LogP contribution in [0.5, 0.6) is 5.75 Å². The summed E-state index contributed by atoms with van der Waals surface area (Å²) < 4.78 is 10.7. The van der Waals surface area contributed by atoms with Crippen LogP contribution in [0.2, 0.25) is 0 Å². The van der Waals surface area contributed by atoms with Crippen molar-refractivity contribution in [1.29, 1.82) is 0 Å². The summed E-state index contributed by atoms with van der Waals surface area (Å²) in [5.74, 6) is -1.47. The number of carbonyl (C=O) groups is 4. The van der Waals surface area contributed by atoms with E-state index in [1.54, 1.807) is 6.92 Å². The minimum atomic E-state index is -1.08. The molecule has 1 aromatic heterocycles. The maximum Gasteiger partial charge on any atom is 0.409 e. The van der Waals surface area contributed by atoms with Gasteiger partial charge in [-0.2, -0.15) is 0 Å². The van der Waals surface area contributed by atoms with Crippen molar-refractivity contribution in [2.75, 3.05) is 39.9 Å². The van der Waals surface area contributed by atoms with Gasteiger partial charge in [0.25, 0.3) is 5.91 Å². The molecular formula is C28H34N4O7. The van der Waals surface area contributed by atoms with E-state index in [9.17, 15) is 24.3 Å². The lowest BCUT2D eigenvalue weighted by Crippen LogP contribution is -2.56. The van der Waals surface area contributed by atoms with Gasteiger partial charge in [-0.15, -0.1) is 0 Å². The summed E-state index contributed by atoms with van der Waals surface area (Å²) in [6.45, 7) is 3.03. The molecule has 11 nitrogen and oxygen atoms in total. The lowest BCUT2D eigenvalue weighted by molar-refractivity contribution is -0.138. The van der Waals surface area contributed by atoms with Crippen LogP contribution in [0.3, 0.4) is 0 Å². The first-order valence-electron chi connectivity index (χ1n) is 13.2. The maximum atomic E-state index is 13.6. The van der Waals surface area contributed by atoms with Crippen molar-refractivity contribution >= 4 is 23.9 Å². The van der Waals surface area contributed by atoms with E-state index in [0.717, 1.165) is 24.0 Å². The molecule has 1 atom stereocenters. The van der Waals surface area contributed by atoms with Crippen molar-refractivity contribution in [2.45, 2.75) is 44.6 Å². The van der Waals surface area contributed by atoms with Gasteiger partial charge in [0.15, 0.2) is 11.4 Å². The molecule has 2 N–H and O–H groups in total. The molecule has 2 fully saturated rings. The number of carboxylic acids is 1. The molecule has 2 heterocycles. The third kappa shape index (κ3) is 6.84. The molecule has 0 bridgehead atoms. The minimum absolute atomic E-state index is 0.0565. The summed E-state index contributed by atoms with van der Waals surface area (Å²) in [6.07, 6.45) is 1.12. The van der Waals surface area contributed by atoms with Crippen molar-refractivity contribution in [3.8, 4) is 17.0 Å². The molecule has 1 aliphatic heterocycles. The number of pyridine rings is 1. The van der Waals surface area contributed by atoms with E-state index in [-0.39, 0.29) is 57.2 Å². The zero-order valence-corrected chi connectivity index (χ0v) is 22.2. The lowest BCUT2D eigenvalue weighted by atomic mass is 10.0. The highest BCUT2D eigenvalue weighted by Crippen LogP contribution is 2.46. The number of nitrogens with one attached hydrogen (secondary N) is 1. The standard InChI is InChI=1S/C28H34N4O7/c1-3-39-28(37)32-15-13-31(14-16-32)27(36)21(11-12-23(33)34)30-26(35)24-25(38-2)20(18-9-10-18)17-22(29-24)19-7-5-4-6-8-19/h4-8,17-18,21H,3,9-16H2,1-2H3,(H,30,35)(H,33,34)/t21-/m0/s1. The summed E-state index contributed by atoms with van der Waals surface area (Å²) in [5, 5.41) is 12.0. The van der Waals surface area contributed by atoms with E-state index in [4.69, 9.17) is 9.47 Å². The summed E-state index contributed by atoms with van der Waals surface area (Å²) in [4.78, 5) is 58.1. The molecule has 0 spiro atoms. The van der Waals surface area contributed by atoms with Crippen LogP contribution in [0, 0.1) is 0 Å². The molecule has 1 aliphatic carbocycles. The Morgan fingerprint density at radius 1 is 1.08 bits per heavy atom. The third-order valence-corrected chi connectivity index (χ3v) is 6.88. The van der Waals surface area contributed by atoms with Crippen LogP contribution in [-0.2, 0) is 14.3 Å². The van der Waals surface area contributed by atoms with Gasteiger partial charge in [0.2, 0.25) is 5.91 Å². The van der Waals surface area contributed by atoms with E-state index in [1.165, 1.54) is 16.9 Å². The van der Waals surface area contributed by atoms with Crippen molar-refractivity contribution < 1.29 is 33.8 Å². The number of carbonyl (C=O) groups excluding carboxylic acids is 3. The number of benzene rings is 1. The molecule has 0 unspecified atom stereocenters. The smallest absolute Gasteiger partial charge is 0.409 e. The number of aliphatic carboxylic acids is 1. The fraction of sp³-hybridized carbons (Fsp3) is 0.464. The second kappa shape index (κ2) is 12.6. The van der Waals surface area contributed by atoms with Crippen LogP contribution in [0.4, 0.5) is 4.79 Å². The van der Waals surface area contributed by atoms with Gasteiger partial charge in [-0.1, -0.05) is 30.3 Å². The van der Waals surface area contributed by atoms with Crippen LogP contribution in [-0.4, -0.2) is 89.7 Å². The van der Waals surface area contributed by atoms with Gasteiger partial charge < -0.3 is 29.7 Å². The normalized spacial score (nSPS) is 15.8. The average molecular weight is 539 g/mol. The minimum Gasteiger partial charge on any atom is -0.494 e. The second-order valence-electron chi connectivity index (χ2n) is 9.59. The fourth-order valence-electron chi connectivity index (χ4n) is 4.67. The Balaban J connectivity index is 1.57. The number of amides is 3. The lowest BCUT2D eigenvalue weighted by Gasteiger charge is -2.36. The Labute approximate surface area is 227 Å². The summed E-state index contributed by atoms with van der Waals surface area (Å²) in [7, 11) is 1.48. The maximum absolute atomic E-state index is 13.6. The molecule has 39 heavy (non-hydrogen) atoms. The Morgan fingerprint density at radius 2 is 1.74 bits per heavy atom. The van der Waals surface area contributed by atoms with Gasteiger partial charge in [0.1, 0.15) is 6.04 Å². The topological polar surface area (TPSA) is 138 Å². The monoisotopic (exact) mass is 538 g/mol. The van der Waals surface area contributed by atoms with Gasteiger partial charge in [-0.3, -0.25) is 14.4 Å². The number of rotatable bonds is 10. The van der Waals surface area contributed by atoms with Crippen molar-refractivity contribution in [3.05, 3.63) is 47.7 Å². The van der Waals surface area contributed by atoms with Crippen LogP contribution in [0.25, 0.3) is 11.3 Å². The Morgan fingerprint density at radius 3 is 2.33 bits per heavy atom. The first-order chi connectivity index (χ1) is 18.8. The predicted molar refractivity (Wildman–Crippen MR) is 141 cm³/mol. The SMILES string of the molecule is CCOC(=O)N1CCN(C(=O)[C@H](CCC(=O)O)NC(=O)c2nc(-c3ccccc3)cc(C3CC3)c2OC)CC1.